The fourth-order valence-electron chi connectivity index (χ4n) is 10.1. The maximum absolute atomic E-state index is 14.6. The molecule has 2 unspecified atom stereocenters. The van der Waals surface area contributed by atoms with Crippen LogP contribution < -0.4 is 0 Å². The summed E-state index contributed by atoms with van der Waals surface area (Å²) in [5.41, 5.74) is 3.62. The van der Waals surface area contributed by atoms with Crippen molar-refractivity contribution < 1.29 is 26.7 Å². The van der Waals surface area contributed by atoms with Gasteiger partial charge >= 0.3 is 0 Å². The lowest BCUT2D eigenvalue weighted by molar-refractivity contribution is -0.158. The van der Waals surface area contributed by atoms with Crippen molar-refractivity contribution >= 4 is 26.5 Å². The van der Waals surface area contributed by atoms with E-state index in [1.807, 2.05) is 32.0 Å². The number of benzene rings is 1. The topological polar surface area (TPSA) is 71.1 Å². The summed E-state index contributed by atoms with van der Waals surface area (Å²) in [6, 6.07) is 9.12. The molecule has 0 bridgehead atoms. The summed E-state index contributed by atoms with van der Waals surface area (Å²) in [5.74, 6) is -0.00364. The Balaban J connectivity index is 1.42. The smallest absolute Gasteiger partial charge is 0.192 e. The average molecular weight is 841 g/mol. The van der Waals surface area contributed by atoms with Crippen LogP contribution in [0.3, 0.4) is 0 Å². The Kier molecular flexibility index (Phi) is 13.5. The third-order valence-electron chi connectivity index (χ3n) is 15.6. The maximum atomic E-state index is 14.6. The van der Waals surface area contributed by atoms with Crippen molar-refractivity contribution in [2.75, 3.05) is 6.61 Å². The summed E-state index contributed by atoms with van der Waals surface area (Å²) in [5, 5.41) is -0.257. The van der Waals surface area contributed by atoms with E-state index in [1.165, 1.54) is 16.7 Å². The first-order chi connectivity index (χ1) is 26.0. The minimum atomic E-state index is -3.60. The van der Waals surface area contributed by atoms with Crippen LogP contribution in [0.4, 0.5) is 0 Å². The molecule has 0 radical (unpaired) electrons. The highest BCUT2D eigenvalue weighted by Gasteiger charge is 2.53. The van der Waals surface area contributed by atoms with Gasteiger partial charge in [-0.05, 0) is 161 Å². The highest BCUT2D eigenvalue weighted by Crippen LogP contribution is 2.60. The molecule has 3 aliphatic carbocycles. The molecule has 0 aromatic heterocycles. The summed E-state index contributed by atoms with van der Waals surface area (Å²) in [7, 11) is -7.63. The predicted octanol–water partition coefficient (Wildman–Crippen LogP) is 13.0. The van der Waals surface area contributed by atoms with Gasteiger partial charge in [0, 0.05) is 6.42 Å². The van der Waals surface area contributed by atoms with Crippen molar-refractivity contribution in [3.05, 3.63) is 65.3 Å². The van der Waals surface area contributed by atoms with E-state index in [-0.39, 0.29) is 39.5 Å². The lowest BCUT2D eigenvalue weighted by Gasteiger charge is -2.45. The van der Waals surface area contributed by atoms with E-state index in [0.29, 0.717) is 30.3 Å². The first kappa shape index (κ1) is 46.7. The van der Waals surface area contributed by atoms with Gasteiger partial charge in [-0.3, -0.25) is 0 Å². The quantitative estimate of drug-likeness (QED) is 0.184. The molecule has 322 valence electrons. The Bertz CT molecular complexity index is 1780. The van der Waals surface area contributed by atoms with Gasteiger partial charge in [0.15, 0.2) is 32.3 Å². The molecule has 1 aliphatic heterocycles. The second-order valence-electron chi connectivity index (χ2n) is 22.4. The van der Waals surface area contributed by atoms with Crippen LogP contribution in [0.5, 0.6) is 0 Å². The SMILES string of the molecule is CC1=C(C=CC2=CCC[C@]3(C)[C@@H]([C@H](C)C(CCC4(C)COC(C)(C)O4)S(=O)(=O)c4ccccc4)CC[C@@H]23)C[C@@H](O[Si](C)(C)C(C)(C)C)C[C@@H]1O[Si](C)(C)C(C)(C)C. The molecule has 6 nitrogen and oxygen atoms in total. The minimum Gasteiger partial charge on any atom is -0.413 e. The Labute approximate surface area is 351 Å². The van der Waals surface area contributed by atoms with Crippen molar-refractivity contribution in [2.24, 2.45) is 23.2 Å². The van der Waals surface area contributed by atoms with E-state index in [4.69, 9.17) is 18.3 Å². The third-order valence-corrected chi connectivity index (χ3v) is 27.1. The Morgan fingerprint density at radius 2 is 1.53 bits per heavy atom. The van der Waals surface area contributed by atoms with Crippen LogP contribution in [-0.2, 0) is 28.2 Å². The molecule has 0 amide bonds. The van der Waals surface area contributed by atoms with Gasteiger partial charge in [-0.15, -0.1) is 0 Å². The number of rotatable bonds is 13. The number of sulfone groups is 1. The van der Waals surface area contributed by atoms with Crippen LogP contribution in [0.15, 0.2) is 70.2 Å². The minimum absolute atomic E-state index is 0.00904. The number of ether oxygens (including phenoxy) is 2. The first-order valence-corrected chi connectivity index (χ1v) is 29.4. The van der Waals surface area contributed by atoms with E-state index in [0.717, 1.165) is 38.5 Å². The molecule has 1 heterocycles. The first-order valence-electron chi connectivity index (χ1n) is 22.1. The molecule has 4 aliphatic rings. The molecule has 0 spiro atoms. The molecule has 1 aromatic carbocycles. The largest absolute Gasteiger partial charge is 0.413 e. The molecule has 2 fully saturated rings. The molecular formula is C48H80O6SSi2. The van der Waals surface area contributed by atoms with E-state index >= 15 is 0 Å². The fourth-order valence-corrected chi connectivity index (χ4v) is 14.8. The van der Waals surface area contributed by atoms with Gasteiger partial charge in [-0.25, -0.2) is 8.42 Å². The van der Waals surface area contributed by atoms with E-state index in [1.54, 1.807) is 12.1 Å². The summed E-state index contributed by atoms with van der Waals surface area (Å²) >= 11 is 0. The molecule has 0 N–H and O–H groups in total. The van der Waals surface area contributed by atoms with Crippen LogP contribution >= 0.6 is 0 Å². The van der Waals surface area contributed by atoms with Gasteiger partial charge in [0.05, 0.1) is 34.6 Å². The molecule has 1 saturated carbocycles. The van der Waals surface area contributed by atoms with Crippen LogP contribution in [0.1, 0.15) is 134 Å². The second kappa shape index (κ2) is 16.5. The van der Waals surface area contributed by atoms with Crippen molar-refractivity contribution in [1.29, 1.82) is 0 Å². The van der Waals surface area contributed by atoms with Gasteiger partial charge in [-0.2, -0.15) is 0 Å². The highest BCUT2D eigenvalue weighted by molar-refractivity contribution is 7.92. The molecule has 57 heavy (non-hydrogen) atoms. The molecule has 1 aromatic rings. The summed E-state index contributed by atoms with van der Waals surface area (Å²) in [6.45, 7) is 36.9. The normalized spacial score (nSPS) is 31.4. The van der Waals surface area contributed by atoms with Crippen molar-refractivity contribution in [2.45, 2.75) is 204 Å². The maximum Gasteiger partial charge on any atom is 0.192 e. The molecule has 8 atom stereocenters. The zero-order valence-corrected chi connectivity index (χ0v) is 41.6. The zero-order chi connectivity index (χ0) is 42.6. The standard InChI is InChI=1S/C48H80O6SSi2/c1-34-37(31-38(52-56(13,14)44(3,4)5)32-42(34)53-57(15,16)45(6,7)8)25-24-36-21-20-29-48(12)40(26-27-41(36)48)35(2)43(55(49,50)39-22-18-17-19-23-39)28-30-47(11)33-51-46(9,10)54-47/h17-19,21-25,35,38,40-43H,20,26-33H2,1-16H3/t35-,38+,40+,41-,42-,43?,47?,48+/m0/s1. The molecular weight excluding hydrogens is 761 g/mol. The van der Waals surface area contributed by atoms with Gasteiger partial charge in [0.2, 0.25) is 0 Å². The second-order valence-corrected chi connectivity index (χ2v) is 34.0. The summed E-state index contributed by atoms with van der Waals surface area (Å²) in [6.07, 6.45) is 14.7. The van der Waals surface area contributed by atoms with Gasteiger partial charge in [0.25, 0.3) is 0 Å². The molecule has 9 heteroatoms. The Morgan fingerprint density at radius 1 is 0.912 bits per heavy atom. The number of hydrogen-bond acceptors (Lipinski definition) is 6. The van der Waals surface area contributed by atoms with Crippen LogP contribution in [0.2, 0.25) is 36.3 Å². The fraction of sp³-hybridized carbons (Fsp3) is 0.750. The molecule has 5 rings (SSSR count). The highest BCUT2D eigenvalue weighted by atomic mass is 32.2. The van der Waals surface area contributed by atoms with Crippen molar-refractivity contribution in [1.82, 2.24) is 0 Å². The van der Waals surface area contributed by atoms with E-state index < -0.39 is 43.1 Å². The van der Waals surface area contributed by atoms with Gasteiger partial charge in [0.1, 0.15) is 0 Å². The Morgan fingerprint density at radius 3 is 2.11 bits per heavy atom. The Hall–Kier alpha value is -1.34. The lowest BCUT2D eigenvalue weighted by atomic mass is 9.62. The number of allylic oxidation sites excluding steroid dienone is 4. The van der Waals surface area contributed by atoms with Crippen molar-refractivity contribution in [3.63, 3.8) is 0 Å². The van der Waals surface area contributed by atoms with E-state index in [9.17, 15) is 8.42 Å². The van der Waals surface area contributed by atoms with Crippen molar-refractivity contribution in [3.8, 4) is 0 Å². The summed E-state index contributed by atoms with van der Waals surface area (Å²) in [4.78, 5) is 0.422. The summed E-state index contributed by atoms with van der Waals surface area (Å²) < 4.78 is 55.9. The van der Waals surface area contributed by atoms with E-state index in [2.05, 4.69) is 114 Å². The zero-order valence-electron chi connectivity index (χ0n) is 38.8. The lowest BCUT2D eigenvalue weighted by Crippen LogP contribution is -2.49. The number of hydrogen-bond donors (Lipinski definition) is 0. The van der Waals surface area contributed by atoms with Crippen LogP contribution in [-0.4, -0.2) is 60.5 Å². The van der Waals surface area contributed by atoms with Gasteiger partial charge < -0.3 is 18.3 Å². The van der Waals surface area contributed by atoms with Gasteiger partial charge in [-0.1, -0.05) is 91.8 Å². The van der Waals surface area contributed by atoms with Crippen LogP contribution in [0.25, 0.3) is 0 Å². The number of fused-ring (bicyclic) bond motifs is 1. The van der Waals surface area contributed by atoms with Crippen LogP contribution in [0, 0.1) is 23.2 Å². The third kappa shape index (κ3) is 10.1. The molecule has 1 saturated heterocycles. The predicted molar refractivity (Wildman–Crippen MR) is 242 cm³/mol. The average Bonchev–Trinajstić information content (AvgIpc) is 3.59. The monoisotopic (exact) mass is 841 g/mol.